The number of primary amides is 1. The van der Waals surface area contributed by atoms with Gasteiger partial charge in [0.1, 0.15) is 5.75 Å². The maximum atomic E-state index is 13.2. The minimum atomic E-state index is -2.95. The lowest BCUT2D eigenvalue weighted by Gasteiger charge is -2.18. The first-order chi connectivity index (χ1) is 17.1. The van der Waals surface area contributed by atoms with Gasteiger partial charge in [-0.15, -0.1) is 0 Å². The molecule has 0 spiro atoms. The smallest absolute Gasteiger partial charge is 0.387 e. The number of hydrogen-bond donors (Lipinski definition) is 2. The van der Waals surface area contributed by atoms with Crippen molar-refractivity contribution in [3.63, 3.8) is 0 Å². The number of amides is 1. The van der Waals surface area contributed by atoms with Gasteiger partial charge in [0.15, 0.2) is 12.1 Å². The fourth-order valence-electron chi connectivity index (χ4n) is 2.95. The molecule has 0 atom stereocenters. The summed E-state index contributed by atoms with van der Waals surface area (Å²) >= 11 is 0. The van der Waals surface area contributed by atoms with Crippen LogP contribution in [0.5, 0.6) is 5.75 Å². The van der Waals surface area contributed by atoms with Crippen molar-refractivity contribution < 1.29 is 27.5 Å². The molecule has 0 saturated heterocycles. The van der Waals surface area contributed by atoms with Crippen LogP contribution in [0, 0.1) is 5.82 Å². The van der Waals surface area contributed by atoms with Crippen LogP contribution < -0.4 is 15.8 Å². The Morgan fingerprint density at radius 3 is 2.42 bits per heavy atom. The Labute approximate surface area is 204 Å². The van der Waals surface area contributed by atoms with Crippen molar-refractivity contribution >= 4 is 23.2 Å². The maximum Gasteiger partial charge on any atom is 0.387 e. The van der Waals surface area contributed by atoms with Crippen molar-refractivity contribution in [2.75, 3.05) is 7.05 Å². The van der Waals surface area contributed by atoms with Gasteiger partial charge in [-0.05, 0) is 44.7 Å². The summed E-state index contributed by atoms with van der Waals surface area (Å²) in [5, 5.41) is 2.77. The fraction of sp³-hybridized carbons (Fsp3) is 0.208. The molecule has 3 heterocycles. The van der Waals surface area contributed by atoms with E-state index in [1.54, 1.807) is 49.9 Å². The number of nitrogens with zero attached hydrogens (tertiary/aromatic N) is 4. The Balaban J connectivity index is 0.000000392. The zero-order chi connectivity index (χ0) is 26.5. The summed E-state index contributed by atoms with van der Waals surface area (Å²) in [7, 11) is 1.70. The van der Waals surface area contributed by atoms with Crippen LogP contribution in [0.4, 0.5) is 13.2 Å². The van der Waals surface area contributed by atoms with Gasteiger partial charge < -0.3 is 15.8 Å². The molecule has 36 heavy (non-hydrogen) atoms. The third-order valence-electron chi connectivity index (χ3n) is 5.23. The quantitative estimate of drug-likeness (QED) is 0.372. The van der Waals surface area contributed by atoms with Crippen molar-refractivity contribution in [1.29, 1.82) is 0 Å². The van der Waals surface area contributed by atoms with Gasteiger partial charge in [0.05, 0.1) is 29.0 Å². The van der Waals surface area contributed by atoms with E-state index >= 15 is 0 Å². The largest absolute Gasteiger partial charge is 0.435 e. The molecule has 1 aromatic carbocycles. The highest BCUT2D eigenvalue weighted by Crippen LogP contribution is 2.33. The van der Waals surface area contributed by atoms with E-state index < -0.39 is 18.0 Å². The molecule has 3 aromatic heterocycles. The molecule has 3 N–H and O–H groups in total. The van der Waals surface area contributed by atoms with Gasteiger partial charge in [0, 0.05) is 23.5 Å². The second kappa shape index (κ2) is 11.0. The number of alkyl halides is 2. The van der Waals surface area contributed by atoms with Crippen molar-refractivity contribution in [1.82, 2.24) is 24.8 Å². The SMILES string of the molecule is CNC(C)(C)C(N)=O.O=Cc1cnc2c(-c3cccc(OC(F)F)c3)cn(-c3ncc(F)cn3)c2c1. The van der Waals surface area contributed by atoms with E-state index in [0.717, 1.165) is 12.4 Å². The second-order valence-corrected chi connectivity index (χ2v) is 8.01. The van der Waals surface area contributed by atoms with Crippen LogP contribution in [0.3, 0.4) is 0 Å². The number of benzene rings is 1. The van der Waals surface area contributed by atoms with Gasteiger partial charge >= 0.3 is 6.61 Å². The number of likely N-dealkylation sites (N-methyl/N-ethyl adjacent to an activating group) is 1. The summed E-state index contributed by atoms with van der Waals surface area (Å²) < 4.78 is 44.2. The molecule has 0 fully saturated rings. The highest BCUT2D eigenvalue weighted by molar-refractivity contribution is 5.96. The molecule has 0 aliphatic heterocycles. The van der Waals surface area contributed by atoms with Crippen LogP contribution in [0.2, 0.25) is 0 Å². The van der Waals surface area contributed by atoms with E-state index in [0.29, 0.717) is 34.0 Å². The number of fused-ring (bicyclic) bond motifs is 1. The number of nitrogens with two attached hydrogens (primary N) is 1. The number of pyridine rings is 1. The molecular formula is C24H23F3N6O3. The number of halogens is 3. The molecule has 4 aromatic rings. The number of aldehydes is 1. The van der Waals surface area contributed by atoms with E-state index in [1.165, 1.54) is 18.3 Å². The van der Waals surface area contributed by atoms with Crippen LogP contribution in [0.1, 0.15) is 24.2 Å². The first-order valence-corrected chi connectivity index (χ1v) is 10.5. The Bertz CT molecular complexity index is 1370. The summed E-state index contributed by atoms with van der Waals surface area (Å²) in [4.78, 5) is 33.8. The van der Waals surface area contributed by atoms with E-state index in [-0.39, 0.29) is 17.6 Å². The van der Waals surface area contributed by atoms with Crippen molar-refractivity contribution in [3.05, 3.63) is 66.5 Å². The zero-order valence-corrected chi connectivity index (χ0v) is 19.6. The summed E-state index contributed by atoms with van der Waals surface area (Å²) in [6.45, 7) is 0.516. The third kappa shape index (κ3) is 6.02. The van der Waals surface area contributed by atoms with Gasteiger partial charge in [-0.3, -0.25) is 19.1 Å². The lowest BCUT2D eigenvalue weighted by atomic mass is 10.1. The first-order valence-electron chi connectivity index (χ1n) is 10.5. The molecule has 0 bridgehead atoms. The van der Waals surface area contributed by atoms with Crippen molar-refractivity contribution in [2.45, 2.75) is 26.0 Å². The van der Waals surface area contributed by atoms with Crippen molar-refractivity contribution in [3.8, 4) is 22.8 Å². The number of carbonyl (C=O) groups excluding carboxylic acids is 2. The summed E-state index contributed by atoms with van der Waals surface area (Å²) in [5.74, 6) is -0.762. The summed E-state index contributed by atoms with van der Waals surface area (Å²) in [6.07, 6.45) is 5.71. The minimum absolute atomic E-state index is 0.00376. The molecule has 0 saturated carbocycles. The number of rotatable bonds is 7. The molecule has 12 heteroatoms. The highest BCUT2D eigenvalue weighted by atomic mass is 19.3. The molecule has 1 amide bonds. The molecule has 9 nitrogen and oxygen atoms in total. The van der Waals surface area contributed by atoms with Gasteiger partial charge in [-0.25, -0.2) is 14.4 Å². The highest BCUT2D eigenvalue weighted by Gasteiger charge is 2.21. The van der Waals surface area contributed by atoms with E-state index in [1.807, 2.05) is 0 Å². The average molecular weight is 500 g/mol. The molecule has 0 aliphatic rings. The van der Waals surface area contributed by atoms with Crippen LogP contribution in [0.15, 0.2) is 55.1 Å². The maximum absolute atomic E-state index is 13.2. The molecule has 0 aliphatic carbocycles. The molecule has 4 rings (SSSR count). The Morgan fingerprint density at radius 1 is 1.17 bits per heavy atom. The number of carbonyl (C=O) groups is 2. The molecule has 0 unspecified atom stereocenters. The van der Waals surface area contributed by atoms with Gasteiger partial charge in [0.2, 0.25) is 11.9 Å². The number of ether oxygens (including phenoxy) is 1. The summed E-state index contributed by atoms with van der Waals surface area (Å²) in [6, 6.07) is 7.73. The number of aromatic nitrogens is 4. The number of hydrogen-bond acceptors (Lipinski definition) is 7. The van der Waals surface area contributed by atoms with Gasteiger partial charge in [-0.1, -0.05) is 12.1 Å². The predicted octanol–water partition coefficient (Wildman–Crippen LogP) is 3.51. The molecule has 0 radical (unpaired) electrons. The predicted molar refractivity (Wildman–Crippen MR) is 126 cm³/mol. The monoisotopic (exact) mass is 500 g/mol. The average Bonchev–Trinajstić information content (AvgIpc) is 3.23. The third-order valence-corrected chi connectivity index (χ3v) is 5.23. The molecule has 188 valence electrons. The van der Waals surface area contributed by atoms with Crippen LogP contribution in [-0.4, -0.2) is 50.9 Å². The Morgan fingerprint density at radius 2 is 1.86 bits per heavy atom. The van der Waals surface area contributed by atoms with Crippen LogP contribution in [-0.2, 0) is 4.79 Å². The standard InChI is InChI=1S/C19H11F3N4O2.C5H12N2O/c20-13-7-24-19(25-8-13)26-9-15(17-16(26)4-11(10-27)6-23-17)12-2-1-3-14(5-12)28-18(21)22;1-5(2,7-3)4(6)8/h1-10,18H;7H,1-3H3,(H2,6,8). The van der Waals surface area contributed by atoms with E-state index in [4.69, 9.17) is 5.73 Å². The van der Waals surface area contributed by atoms with Gasteiger partial charge in [-0.2, -0.15) is 8.78 Å². The lowest BCUT2D eigenvalue weighted by molar-refractivity contribution is -0.122. The summed E-state index contributed by atoms with van der Waals surface area (Å²) in [5.41, 5.74) is 6.89. The van der Waals surface area contributed by atoms with E-state index in [9.17, 15) is 22.8 Å². The Hall–Kier alpha value is -4.32. The van der Waals surface area contributed by atoms with Crippen LogP contribution >= 0.6 is 0 Å². The second-order valence-electron chi connectivity index (χ2n) is 8.01. The van der Waals surface area contributed by atoms with Crippen LogP contribution in [0.25, 0.3) is 28.1 Å². The topological polar surface area (TPSA) is 125 Å². The van der Waals surface area contributed by atoms with E-state index in [2.05, 4.69) is 25.0 Å². The fourth-order valence-corrected chi connectivity index (χ4v) is 2.95. The number of nitrogens with one attached hydrogen (secondary N) is 1. The van der Waals surface area contributed by atoms with Gasteiger partial charge in [0.25, 0.3) is 0 Å². The lowest BCUT2D eigenvalue weighted by Crippen LogP contribution is -2.48. The first kappa shape index (κ1) is 26.3. The van der Waals surface area contributed by atoms with Crippen molar-refractivity contribution in [2.24, 2.45) is 5.73 Å². The minimum Gasteiger partial charge on any atom is -0.435 e. The zero-order valence-electron chi connectivity index (χ0n) is 19.6. The normalized spacial score (nSPS) is 11.2. The Kier molecular flexibility index (Phi) is 8.00. The molecular weight excluding hydrogens is 477 g/mol.